The van der Waals surface area contributed by atoms with Crippen molar-refractivity contribution in [1.82, 2.24) is 9.78 Å². The van der Waals surface area contributed by atoms with Crippen LogP contribution in [-0.2, 0) is 16.4 Å². The van der Waals surface area contributed by atoms with Gasteiger partial charge in [-0.2, -0.15) is 5.10 Å². The van der Waals surface area contributed by atoms with Crippen LogP contribution in [-0.4, -0.2) is 34.0 Å². The van der Waals surface area contributed by atoms with E-state index in [-0.39, 0.29) is 5.91 Å². The molecule has 25 heavy (non-hydrogen) atoms. The molecule has 1 saturated heterocycles. The van der Waals surface area contributed by atoms with Crippen LogP contribution in [0, 0.1) is 5.82 Å². The van der Waals surface area contributed by atoms with E-state index in [4.69, 9.17) is 9.31 Å². The topological polar surface area (TPSA) is 65.4 Å². The predicted octanol–water partition coefficient (Wildman–Crippen LogP) is 2.11. The van der Waals surface area contributed by atoms with E-state index in [0.717, 1.165) is 0 Å². The molecule has 1 aromatic heterocycles. The molecule has 0 saturated carbocycles. The lowest BCUT2D eigenvalue weighted by molar-refractivity contribution is 0.00578. The molecule has 1 fully saturated rings. The standard InChI is InChI=1S/C17H21BFN3O3/c1-16(2)17(3,4)25-18(24-16)12-7-6-11(10-13(12)19)21-15(23)14-8-9-20-22(14)5/h6-10H,1-5H3,(H,21,23). The van der Waals surface area contributed by atoms with Crippen LogP contribution in [0.4, 0.5) is 10.1 Å². The number of aromatic nitrogens is 2. The molecule has 1 amide bonds. The zero-order valence-corrected chi connectivity index (χ0v) is 15.0. The third-order valence-electron chi connectivity index (χ3n) is 4.82. The first-order valence-electron chi connectivity index (χ1n) is 8.05. The number of hydrogen-bond acceptors (Lipinski definition) is 4. The van der Waals surface area contributed by atoms with Crippen LogP contribution in [0.2, 0.25) is 0 Å². The van der Waals surface area contributed by atoms with Crippen molar-refractivity contribution < 1.29 is 18.5 Å². The smallest absolute Gasteiger partial charge is 0.399 e. The Kier molecular flexibility index (Phi) is 4.21. The lowest BCUT2D eigenvalue weighted by atomic mass is 9.78. The molecule has 6 nitrogen and oxygen atoms in total. The molecule has 0 atom stereocenters. The van der Waals surface area contributed by atoms with Crippen LogP contribution >= 0.6 is 0 Å². The van der Waals surface area contributed by atoms with Crippen LogP contribution in [0.3, 0.4) is 0 Å². The number of carbonyl (C=O) groups excluding carboxylic acids is 1. The first kappa shape index (κ1) is 17.6. The normalized spacial score (nSPS) is 18.4. The fraction of sp³-hybridized carbons (Fsp3) is 0.412. The third-order valence-corrected chi connectivity index (χ3v) is 4.82. The van der Waals surface area contributed by atoms with Crippen molar-refractivity contribution >= 4 is 24.2 Å². The Balaban J connectivity index is 1.78. The van der Waals surface area contributed by atoms with Gasteiger partial charge < -0.3 is 14.6 Å². The zero-order chi connectivity index (χ0) is 18.4. The van der Waals surface area contributed by atoms with Crippen molar-refractivity contribution in [2.75, 3.05) is 5.32 Å². The van der Waals surface area contributed by atoms with Gasteiger partial charge in [-0.05, 0) is 45.9 Å². The number of halogens is 1. The minimum absolute atomic E-state index is 0.303. The average molecular weight is 345 g/mol. The number of anilines is 1. The highest BCUT2D eigenvalue weighted by Crippen LogP contribution is 2.36. The van der Waals surface area contributed by atoms with Crippen LogP contribution in [0.5, 0.6) is 0 Å². The highest BCUT2D eigenvalue weighted by atomic mass is 19.1. The van der Waals surface area contributed by atoms with Gasteiger partial charge in [-0.15, -0.1) is 0 Å². The minimum atomic E-state index is -0.785. The molecular formula is C17H21BFN3O3. The summed E-state index contributed by atoms with van der Waals surface area (Å²) in [5.74, 6) is -0.857. The second-order valence-corrected chi connectivity index (χ2v) is 7.12. The number of aryl methyl sites for hydroxylation is 1. The van der Waals surface area contributed by atoms with Gasteiger partial charge in [0.15, 0.2) is 0 Å². The van der Waals surface area contributed by atoms with Crippen molar-refractivity contribution in [3.8, 4) is 0 Å². The summed E-state index contributed by atoms with van der Waals surface area (Å²) in [6.07, 6.45) is 1.52. The van der Waals surface area contributed by atoms with Gasteiger partial charge in [-0.3, -0.25) is 9.48 Å². The quantitative estimate of drug-likeness (QED) is 0.866. The molecule has 2 aromatic rings. The Hall–Kier alpha value is -2.19. The summed E-state index contributed by atoms with van der Waals surface area (Å²) in [4.78, 5) is 12.2. The summed E-state index contributed by atoms with van der Waals surface area (Å²) in [7, 11) is 0.878. The van der Waals surface area contributed by atoms with E-state index in [1.54, 1.807) is 25.2 Å². The lowest BCUT2D eigenvalue weighted by Gasteiger charge is -2.32. The monoisotopic (exact) mass is 345 g/mol. The van der Waals surface area contributed by atoms with Gasteiger partial charge in [0.05, 0.1) is 11.2 Å². The number of hydrogen-bond donors (Lipinski definition) is 1. The van der Waals surface area contributed by atoms with E-state index in [0.29, 0.717) is 16.8 Å². The molecular weight excluding hydrogens is 324 g/mol. The first-order valence-corrected chi connectivity index (χ1v) is 8.05. The van der Waals surface area contributed by atoms with E-state index in [1.807, 2.05) is 27.7 Å². The zero-order valence-electron chi connectivity index (χ0n) is 15.0. The average Bonchev–Trinajstić information content (AvgIpc) is 3.00. The first-order chi connectivity index (χ1) is 11.6. The van der Waals surface area contributed by atoms with Gasteiger partial charge in [-0.25, -0.2) is 4.39 Å². The van der Waals surface area contributed by atoms with Gasteiger partial charge >= 0.3 is 7.12 Å². The molecule has 1 aromatic carbocycles. The number of rotatable bonds is 3. The summed E-state index contributed by atoms with van der Waals surface area (Å²) in [5.41, 5.74) is -0.0517. The van der Waals surface area contributed by atoms with Crippen LogP contribution in [0.25, 0.3) is 0 Å². The van der Waals surface area contributed by atoms with E-state index >= 15 is 0 Å². The number of carbonyl (C=O) groups is 1. The summed E-state index contributed by atoms with van der Waals surface area (Å²) in [6, 6.07) is 6.03. The minimum Gasteiger partial charge on any atom is -0.399 e. The molecule has 0 radical (unpaired) electrons. The van der Waals surface area contributed by atoms with Crippen LogP contribution in [0.15, 0.2) is 30.5 Å². The maximum absolute atomic E-state index is 14.5. The fourth-order valence-corrected chi connectivity index (χ4v) is 2.56. The van der Waals surface area contributed by atoms with E-state index in [2.05, 4.69) is 10.4 Å². The molecule has 1 aliphatic rings. The number of benzene rings is 1. The summed E-state index contributed by atoms with van der Waals surface area (Å²) in [5, 5.41) is 6.59. The van der Waals surface area contributed by atoms with Crippen LogP contribution in [0.1, 0.15) is 38.2 Å². The molecule has 132 valence electrons. The van der Waals surface area contributed by atoms with Crippen molar-refractivity contribution in [1.29, 1.82) is 0 Å². The van der Waals surface area contributed by atoms with Crippen molar-refractivity contribution in [3.63, 3.8) is 0 Å². The molecule has 8 heteroatoms. The predicted molar refractivity (Wildman–Crippen MR) is 93.3 cm³/mol. The van der Waals surface area contributed by atoms with Gasteiger partial charge in [-0.1, -0.05) is 6.07 Å². The Morgan fingerprint density at radius 1 is 1.20 bits per heavy atom. The van der Waals surface area contributed by atoms with Crippen LogP contribution < -0.4 is 10.8 Å². The van der Waals surface area contributed by atoms with Crippen molar-refractivity contribution in [2.24, 2.45) is 7.05 Å². The molecule has 0 aliphatic carbocycles. The third kappa shape index (κ3) is 3.19. The fourth-order valence-electron chi connectivity index (χ4n) is 2.56. The second kappa shape index (κ2) is 5.96. The molecule has 3 rings (SSSR count). The molecule has 0 spiro atoms. The van der Waals surface area contributed by atoms with Crippen molar-refractivity contribution in [2.45, 2.75) is 38.9 Å². The number of nitrogens with zero attached hydrogens (tertiary/aromatic N) is 2. The molecule has 1 N–H and O–H groups in total. The van der Waals surface area contributed by atoms with Crippen molar-refractivity contribution in [3.05, 3.63) is 42.0 Å². The number of nitrogens with one attached hydrogen (secondary N) is 1. The second-order valence-electron chi connectivity index (χ2n) is 7.12. The summed E-state index contributed by atoms with van der Waals surface area (Å²) < 4.78 is 27.7. The molecule has 1 aliphatic heterocycles. The molecule has 0 unspecified atom stereocenters. The Labute approximate surface area is 146 Å². The van der Waals surface area contributed by atoms with E-state index < -0.39 is 24.1 Å². The van der Waals surface area contributed by atoms with E-state index in [1.165, 1.54) is 16.9 Å². The van der Waals surface area contributed by atoms with Gasteiger partial charge in [0.1, 0.15) is 11.5 Å². The highest BCUT2D eigenvalue weighted by Gasteiger charge is 2.52. The molecule has 0 bridgehead atoms. The largest absolute Gasteiger partial charge is 0.497 e. The highest BCUT2D eigenvalue weighted by molar-refractivity contribution is 6.62. The summed E-state index contributed by atoms with van der Waals surface area (Å²) in [6.45, 7) is 7.64. The lowest BCUT2D eigenvalue weighted by Crippen LogP contribution is -2.41. The number of amides is 1. The SMILES string of the molecule is Cn1nccc1C(=O)Nc1ccc(B2OC(C)(C)C(C)(C)O2)c(F)c1. The Morgan fingerprint density at radius 3 is 2.36 bits per heavy atom. The maximum atomic E-state index is 14.5. The van der Waals surface area contributed by atoms with E-state index in [9.17, 15) is 9.18 Å². The maximum Gasteiger partial charge on any atom is 0.497 e. The Morgan fingerprint density at radius 2 is 1.84 bits per heavy atom. The Bertz CT molecular complexity index is 803. The molecule has 2 heterocycles. The summed E-state index contributed by atoms with van der Waals surface area (Å²) >= 11 is 0. The van der Waals surface area contributed by atoms with Gasteiger partial charge in [0.25, 0.3) is 5.91 Å². The van der Waals surface area contributed by atoms with Gasteiger partial charge in [0.2, 0.25) is 0 Å². The van der Waals surface area contributed by atoms with Gasteiger partial charge in [0, 0.05) is 24.4 Å².